The van der Waals surface area contributed by atoms with Crippen molar-refractivity contribution in [1.82, 2.24) is 0 Å². The molecule has 2 atom stereocenters. The third-order valence-corrected chi connectivity index (χ3v) is 3.51. The van der Waals surface area contributed by atoms with Crippen molar-refractivity contribution in [3.8, 4) is 0 Å². The van der Waals surface area contributed by atoms with Gasteiger partial charge in [-0.25, -0.2) is 0 Å². The van der Waals surface area contributed by atoms with Crippen molar-refractivity contribution in [3.05, 3.63) is 11.6 Å². The highest BCUT2D eigenvalue weighted by molar-refractivity contribution is 5.15. The van der Waals surface area contributed by atoms with Crippen molar-refractivity contribution in [2.45, 2.75) is 41.0 Å². The second-order valence-corrected chi connectivity index (χ2v) is 4.69. The second-order valence-electron chi connectivity index (χ2n) is 4.69. The summed E-state index contributed by atoms with van der Waals surface area (Å²) in [7, 11) is 0. The fraction of sp³-hybridized carbons (Fsp3) is 0.818. The van der Waals surface area contributed by atoms with Crippen LogP contribution in [0, 0.1) is 17.3 Å². The van der Waals surface area contributed by atoms with E-state index >= 15 is 0 Å². The highest BCUT2D eigenvalue weighted by Crippen LogP contribution is 2.42. The smallest absolute Gasteiger partial charge is 0.0122 e. The van der Waals surface area contributed by atoms with Gasteiger partial charge in [-0.2, -0.15) is 0 Å². The molecule has 64 valence electrons. The molecule has 0 saturated heterocycles. The molecule has 2 unspecified atom stereocenters. The van der Waals surface area contributed by atoms with Crippen LogP contribution in [0.3, 0.4) is 0 Å². The van der Waals surface area contributed by atoms with E-state index in [1.165, 1.54) is 6.42 Å². The van der Waals surface area contributed by atoms with Crippen LogP contribution in [0.15, 0.2) is 11.6 Å². The molecule has 0 heterocycles. The molecule has 0 fully saturated rings. The SMILES string of the molecule is CC1=CC(C)CC(C)C1(C)C. The molecule has 1 rings (SSSR count). The lowest BCUT2D eigenvalue weighted by molar-refractivity contribution is 0.230. The zero-order valence-electron chi connectivity index (χ0n) is 8.44. The van der Waals surface area contributed by atoms with Gasteiger partial charge in [-0.15, -0.1) is 0 Å². The molecule has 0 saturated carbocycles. The summed E-state index contributed by atoms with van der Waals surface area (Å²) in [6.07, 6.45) is 3.78. The molecule has 0 aliphatic heterocycles. The van der Waals surface area contributed by atoms with Crippen LogP contribution in [0.1, 0.15) is 41.0 Å². The Hall–Kier alpha value is -0.260. The van der Waals surface area contributed by atoms with E-state index < -0.39 is 0 Å². The first-order chi connectivity index (χ1) is 4.94. The molecule has 0 bridgehead atoms. The van der Waals surface area contributed by atoms with Crippen LogP contribution in [-0.2, 0) is 0 Å². The van der Waals surface area contributed by atoms with Crippen LogP contribution in [0.5, 0.6) is 0 Å². The van der Waals surface area contributed by atoms with Crippen LogP contribution in [-0.4, -0.2) is 0 Å². The summed E-state index contributed by atoms with van der Waals surface area (Å²) in [6, 6.07) is 0. The molecule has 11 heavy (non-hydrogen) atoms. The fourth-order valence-corrected chi connectivity index (χ4v) is 1.95. The number of allylic oxidation sites excluding steroid dienone is 2. The van der Waals surface area contributed by atoms with Gasteiger partial charge in [0.15, 0.2) is 0 Å². The molecule has 0 N–H and O–H groups in total. The van der Waals surface area contributed by atoms with Crippen molar-refractivity contribution in [1.29, 1.82) is 0 Å². The molecule has 0 heteroatoms. The zero-order valence-corrected chi connectivity index (χ0v) is 8.44. The Balaban J connectivity index is 2.90. The predicted molar refractivity (Wildman–Crippen MR) is 50.5 cm³/mol. The normalized spacial score (nSPS) is 36.6. The van der Waals surface area contributed by atoms with E-state index in [-0.39, 0.29) is 0 Å². The van der Waals surface area contributed by atoms with Gasteiger partial charge in [0.2, 0.25) is 0 Å². The van der Waals surface area contributed by atoms with Gasteiger partial charge in [-0.3, -0.25) is 0 Å². The van der Waals surface area contributed by atoms with E-state index in [0.717, 1.165) is 11.8 Å². The van der Waals surface area contributed by atoms with Crippen molar-refractivity contribution >= 4 is 0 Å². The number of hydrogen-bond acceptors (Lipinski definition) is 0. The topological polar surface area (TPSA) is 0 Å². The minimum Gasteiger partial charge on any atom is -0.0822 e. The molecule has 0 nitrogen and oxygen atoms in total. The summed E-state index contributed by atoms with van der Waals surface area (Å²) in [5.74, 6) is 1.63. The maximum atomic E-state index is 2.43. The third-order valence-electron chi connectivity index (χ3n) is 3.51. The summed E-state index contributed by atoms with van der Waals surface area (Å²) >= 11 is 0. The Kier molecular flexibility index (Phi) is 2.13. The Bertz CT molecular complexity index is 174. The van der Waals surface area contributed by atoms with Gasteiger partial charge in [0.1, 0.15) is 0 Å². The van der Waals surface area contributed by atoms with Crippen molar-refractivity contribution in [2.24, 2.45) is 17.3 Å². The minimum absolute atomic E-state index is 0.437. The largest absolute Gasteiger partial charge is 0.0822 e. The lowest BCUT2D eigenvalue weighted by Crippen LogP contribution is -2.28. The third kappa shape index (κ3) is 1.50. The van der Waals surface area contributed by atoms with Crippen molar-refractivity contribution in [3.63, 3.8) is 0 Å². The quantitative estimate of drug-likeness (QED) is 0.465. The maximum absolute atomic E-state index is 2.43. The number of rotatable bonds is 0. The minimum atomic E-state index is 0.437. The molecule has 1 aliphatic rings. The van der Waals surface area contributed by atoms with Gasteiger partial charge in [0.05, 0.1) is 0 Å². The molecule has 0 aromatic carbocycles. The molecule has 0 spiro atoms. The van der Waals surface area contributed by atoms with E-state index in [1.54, 1.807) is 5.57 Å². The maximum Gasteiger partial charge on any atom is -0.0122 e. The van der Waals surface area contributed by atoms with E-state index in [1.807, 2.05) is 0 Å². The summed E-state index contributed by atoms with van der Waals surface area (Å²) in [5.41, 5.74) is 2.01. The number of hydrogen-bond donors (Lipinski definition) is 0. The highest BCUT2D eigenvalue weighted by Gasteiger charge is 2.31. The van der Waals surface area contributed by atoms with Crippen LogP contribution >= 0.6 is 0 Å². The Morgan fingerprint density at radius 1 is 1.36 bits per heavy atom. The van der Waals surface area contributed by atoms with Gasteiger partial charge < -0.3 is 0 Å². The van der Waals surface area contributed by atoms with Gasteiger partial charge in [-0.1, -0.05) is 39.3 Å². The monoisotopic (exact) mass is 152 g/mol. The Morgan fingerprint density at radius 3 is 2.36 bits per heavy atom. The van der Waals surface area contributed by atoms with Gasteiger partial charge in [-0.05, 0) is 30.6 Å². The molecule has 0 radical (unpaired) electrons. The first-order valence-corrected chi connectivity index (χ1v) is 4.63. The van der Waals surface area contributed by atoms with Gasteiger partial charge in [0, 0.05) is 0 Å². The van der Waals surface area contributed by atoms with Crippen LogP contribution in [0.25, 0.3) is 0 Å². The summed E-state index contributed by atoms with van der Waals surface area (Å²) in [4.78, 5) is 0. The van der Waals surface area contributed by atoms with E-state index in [4.69, 9.17) is 0 Å². The second kappa shape index (κ2) is 2.66. The summed E-state index contributed by atoms with van der Waals surface area (Å²) in [5, 5.41) is 0. The van der Waals surface area contributed by atoms with E-state index in [2.05, 4.69) is 40.7 Å². The van der Waals surface area contributed by atoms with Crippen LogP contribution in [0.2, 0.25) is 0 Å². The van der Waals surface area contributed by atoms with Crippen molar-refractivity contribution in [2.75, 3.05) is 0 Å². The first-order valence-electron chi connectivity index (χ1n) is 4.63. The highest BCUT2D eigenvalue weighted by atomic mass is 14.4. The average Bonchev–Trinajstić information content (AvgIpc) is 1.84. The summed E-state index contributed by atoms with van der Waals surface area (Å²) in [6.45, 7) is 11.7. The first kappa shape index (κ1) is 8.83. The molecular weight excluding hydrogens is 132 g/mol. The Labute approximate surface area is 70.7 Å². The van der Waals surface area contributed by atoms with E-state index in [9.17, 15) is 0 Å². The van der Waals surface area contributed by atoms with Crippen molar-refractivity contribution < 1.29 is 0 Å². The molecule has 1 aliphatic carbocycles. The van der Waals surface area contributed by atoms with Gasteiger partial charge >= 0.3 is 0 Å². The predicted octanol–water partition coefficient (Wildman–Crippen LogP) is 3.63. The lowest BCUT2D eigenvalue weighted by atomic mass is 9.67. The Morgan fingerprint density at radius 2 is 1.91 bits per heavy atom. The van der Waals surface area contributed by atoms with Gasteiger partial charge in [0.25, 0.3) is 0 Å². The summed E-state index contributed by atoms with van der Waals surface area (Å²) < 4.78 is 0. The molecule has 0 aromatic rings. The van der Waals surface area contributed by atoms with E-state index in [0.29, 0.717) is 5.41 Å². The lowest BCUT2D eigenvalue weighted by Gasteiger charge is -2.38. The molecule has 0 aromatic heterocycles. The standard InChI is InChI=1S/C11H20/c1-8-6-9(2)11(4,5)10(3)7-8/h6,8,10H,7H2,1-5H3. The van der Waals surface area contributed by atoms with Crippen LogP contribution in [0.4, 0.5) is 0 Å². The average molecular weight is 152 g/mol. The fourth-order valence-electron chi connectivity index (χ4n) is 1.95. The molecular formula is C11H20. The van der Waals surface area contributed by atoms with Crippen LogP contribution < -0.4 is 0 Å². The molecule has 0 amide bonds. The zero-order chi connectivity index (χ0) is 8.65.